The molecule has 0 spiro atoms. The Morgan fingerprint density at radius 3 is 1.22 bits per heavy atom. The minimum Gasteiger partial charge on any atom is -0.497 e. The summed E-state index contributed by atoms with van der Waals surface area (Å²) in [5.74, 6) is 2.43. The Balaban J connectivity index is 1.20. The molecule has 0 bridgehead atoms. The van der Waals surface area contributed by atoms with E-state index in [4.69, 9.17) is 9.47 Å². The summed E-state index contributed by atoms with van der Waals surface area (Å²) in [4.78, 5) is 2.30. The highest BCUT2D eigenvalue weighted by atomic mass is 16.5. The fraction of sp³-hybridized carbons (Fsp3) is 0.0213. The first-order valence-corrected chi connectivity index (χ1v) is 17.0. The van der Waals surface area contributed by atoms with Crippen molar-refractivity contribution in [2.24, 2.45) is 0 Å². The van der Waals surface area contributed by atoms with Gasteiger partial charge in [-0.3, -0.25) is 0 Å². The molecule has 0 fully saturated rings. The molecule has 9 aromatic rings. The summed E-state index contributed by atoms with van der Waals surface area (Å²) in [5.41, 5.74) is 7.66. The maximum atomic E-state index is 6.98. The first kappa shape index (κ1) is 28.4. The normalized spacial score (nSPS) is 12.2. The number of methoxy groups -OCH3 is 1. The molecule has 0 unspecified atom stereocenters. The molecule has 1 aliphatic heterocycles. The van der Waals surface area contributed by atoms with Crippen LogP contribution in [0.4, 0.5) is 17.1 Å². The zero-order valence-corrected chi connectivity index (χ0v) is 27.4. The van der Waals surface area contributed by atoms with Crippen molar-refractivity contribution < 1.29 is 9.47 Å². The van der Waals surface area contributed by atoms with Crippen LogP contribution >= 0.6 is 0 Å². The first-order chi connectivity index (χ1) is 24.7. The van der Waals surface area contributed by atoms with Gasteiger partial charge in [-0.05, 0) is 126 Å². The van der Waals surface area contributed by atoms with Gasteiger partial charge in [0.2, 0.25) is 0 Å². The van der Waals surface area contributed by atoms with Crippen LogP contribution in [0.25, 0.3) is 65.3 Å². The molecule has 3 heteroatoms. The van der Waals surface area contributed by atoms with Crippen LogP contribution in [-0.2, 0) is 0 Å². The van der Waals surface area contributed by atoms with Crippen LogP contribution in [0.3, 0.4) is 0 Å². The Morgan fingerprint density at radius 1 is 0.420 bits per heavy atom. The van der Waals surface area contributed by atoms with Gasteiger partial charge in [-0.25, -0.2) is 0 Å². The highest BCUT2D eigenvalue weighted by Gasteiger charge is 2.28. The van der Waals surface area contributed by atoms with Crippen molar-refractivity contribution in [1.29, 1.82) is 0 Å². The second kappa shape index (κ2) is 11.3. The molecule has 0 saturated heterocycles. The number of nitrogens with zero attached hydrogens (tertiary/aromatic N) is 1. The Kier molecular flexibility index (Phi) is 6.40. The SMILES string of the molecule is COc1ccc(N2c3ccc(-c4c5ccccc5cc5ccccc45)cc3Oc3cc(-c4c5ccccc5cc5ccccc45)ccc32)cc1. The fourth-order valence-corrected chi connectivity index (χ4v) is 7.78. The molecule has 10 rings (SSSR count). The van der Waals surface area contributed by atoms with Crippen molar-refractivity contribution in [2.75, 3.05) is 12.0 Å². The summed E-state index contributed by atoms with van der Waals surface area (Å²) >= 11 is 0. The van der Waals surface area contributed by atoms with Gasteiger partial charge in [-0.2, -0.15) is 0 Å². The summed E-state index contributed by atoms with van der Waals surface area (Å²) in [6, 6.07) is 60.6. The Labute approximate surface area is 290 Å². The number of rotatable bonds is 4. The lowest BCUT2D eigenvalue weighted by Crippen LogP contribution is -2.16. The van der Waals surface area contributed by atoms with Crippen molar-refractivity contribution >= 4 is 60.2 Å². The van der Waals surface area contributed by atoms with E-state index in [1.165, 1.54) is 54.2 Å². The quantitative estimate of drug-likeness (QED) is 0.179. The second-order valence-corrected chi connectivity index (χ2v) is 12.9. The van der Waals surface area contributed by atoms with Crippen molar-refractivity contribution in [3.8, 4) is 39.5 Å². The number of fused-ring (bicyclic) bond motifs is 6. The maximum absolute atomic E-state index is 6.98. The standard InChI is InChI=1S/C47H31NO2/c1-49-37-22-20-36(21-23-37)48-42-24-18-34(46-38-14-6-2-10-30(38)26-31-11-3-7-15-39(31)46)28-44(42)50-45-29-35(19-25-43(45)48)47-40-16-8-4-12-32(40)27-33-13-5-9-17-41(33)47/h2-29H,1H3. The zero-order chi connectivity index (χ0) is 33.2. The van der Waals surface area contributed by atoms with Crippen LogP contribution in [0.2, 0.25) is 0 Å². The van der Waals surface area contributed by atoms with E-state index in [2.05, 4.69) is 163 Å². The van der Waals surface area contributed by atoms with Gasteiger partial charge in [0.05, 0.1) is 18.5 Å². The Bertz CT molecular complexity index is 2510. The predicted octanol–water partition coefficient (Wildman–Crippen LogP) is 13.2. The minimum absolute atomic E-state index is 0.808. The third kappa shape index (κ3) is 4.44. The smallest absolute Gasteiger partial charge is 0.152 e. The molecule has 1 aliphatic rings. The first-order valence-electron chi connectivity index (χ1n) is 17.0. The van der Waals surface area contributed by atoms with Crippen molar-refractivity contribution in [2.45, 2.75) is 0 Å². The lowest BCUT2D eigenvalue weighted by Gasteiger charge is -2.33. The molecule has 0 aliphatic carbocycles. The lowest BCUT2D eigenvalue weighted by molar-refractivity contribution is 0.415. The van der Waals surface area contributed by atoms with E-state index in [0.29, 0.717) is 0 Å². The minimum atomic E-state index is 0.808. The molecule has 3 nitrogen and oxygen atoms in total. The van der Waals surface area contributed by atoms with Gasteiger partial charge in [0.25, 0.3) is 0 Å². The number of ether oxygens (including phenoxy) is 2. The molecule has 0 N–H and O–H groups in total. The number of anilines is 3. The topological polar surface area (TPSA) is 21.7 Å². The molecule has 1 heterocycles. The molecule has 9 aromatic carbocycles. The van der Waals surface area contributed by atoms with E-state index >= 15 is 0 Å². The molecule has 236 valence electrons. The van der Waals surface area contributed by atoms with Crippen molar-refractivity contribution in [3.63, 3.8) is 0 Å². The van der Waals surface area contributed by atoms with Gasteiger partial charge >= 0.3 is 0 Å². The molecule has 50 heavy (non-hydrogen) atoms. The summed E-state index contributed by atoms with van der Waals surface area (Å²) in [6.07, 6.45) is 0. The van der Waals surface area contributed by atoms with Crippen LogP contribution in [0, 0.1) is 0 Å². The Morgan fingerprint density at radius 2 is 0.820 bits per heavy atom. The molecular formula is C47H31NO2. The van der Waals surface area contributed by atoms with Gasteiger partial charge in [-0.1, -0.05) is 109 Å². The van der Waals surface area contributed by atoms with E-state index in [-0.39, 0.29) is 0 Å². The van der Waals surface area contributed by atoms with E-state index < -0.39 is 0 Å². The monoisotopic (exact) mass is 641 g/mol. The zero-order valence-electron chi connectivity index (χ0n) is 27.4. The van der Waals surface area contributed by atoms with Crippen LogP contribution in [0.15, 0.2) is 170 Å². The highest BCUT2D eigenvalue weighted by Crippen LogP contribution is 2.53. The molecule has 0 aromatic heterocycles. The van der Waals surface area contributed by atoms with Gasteiger partial charge in [0, 0.05) is 5.69 Å². The van der Waals surface area contributed by atoms with Gasteiger partial charge in [-0.15, -0.1) is 0 Å². The summed E-state index contributed by atoms with van der Waals surface area (Å²) in [6.45, 7) is 0. The predicted molar refractivity (Wildman–Crippen MR) is 209 cm³/mol. The van der Waals surface area contributed by atoms with E-state index in [1.807, 2.05) is 12.1 Å². The fourth-order valence-electron chi connectivity index (χ4n) is 7.78. The highest BCUT2D eigenvalue weighted by molar-refractivity contribution is 6.14. The van der Waals surface area contributed by atoms with E-state index in [1.54, 1.807) is 7.11 Å². The van der Waals surface area contributed by atoms with Crippen molar-refractivity contribution in [1.82, 2.24) is 0 Å². The lowest BCUT2D eigenvalue weighted by atomic mass is 9.91. The number of hydrogen-bond donors (Lipinski definition) is 0. The van der Waals surface area contributed by atoms with Crippen molar-refractivity contribution in [3.05, 3.63) is 170 Å². The summed E-state index contributed by atoms with van der Waals surface area (Å²) in [7, 11) is 1.70. The summed E-state index contributed by atoms with van der Waals surface area (Å²) in [5, 5.41) is 9.76. The van der Waals surface area contributed by atoms with Crippen LogP contribution in [-0.4, -0.2) is 7.11 Å². The largest absolute Gasteiger partial charge is 0.497 e. The molecule has 0 saturated carbocycles. The van der Waals surface area contributed by atoms with Gasteiger partial charge in [0.1, 0.15) is 5.75 Å². The van der Waals surface area contributed by atoms with Gasteiger partial charge < -0.3 is 14.4 Å². The third-order valence-corrected chi connectivity index (χ3v) is 10.1. The Hall–Kier alpha value is -6.58. The molecule has 0 amide bonds. The van der Waals surface area contributed by atoms with E-state index in [0.717, 1.165) is 45.4 Å². The third-order valence-electron chi connectivity index (χ3n) is 10.1. The summed E-state index contributed by atoms with van der Waals surface area (Å²) < 4.78 is 12.5. The molecule has 0 atom stereocenters. The van der Waals surface area contributed by atoms with Gasteiger partial charge in [0.15, 0.2) is 11.5 Å². The average molecular weight is 642 g/mol. The average Bonchev–Trinajstić information content (AvgIpc) is 3.17. The van der Waals surface area contributed by atoms with Crippen LogP contribution in [0.1, 0.15) is 0 Å². The van der Waals surface area contributed by atoms with Crippen LogP contribution in [0.5, 0.6) is 17.2 Å². The van der Waals surface area contributed by atoms with E-state index in [9.17, 15) is 0 Å². The van der Waals surface area contributed by atoms with Crippen LogP contribution < -0.4 is 14.4 Å². The second-order valence-electron chi connectivity index (χ2n) is 12.9. The maximum Gasteiger partial charge on any atom is 0.152 e. The number of benzene rings is 9. The molecule has 0 radical (unpaired) electrons. The number of hydrogen-bond acceptors (Lipinski definition) is 3. The molecular weight excluding hydrogens is 611 g/mol.